The van der Waals surface area contributed by atoms with Gasteiger partial charge in [-0.2, -0.15) is 5.10 Å². The van der Waals surface area contributed by atoms with Gasteiger partial charge in [-0.05, 0) is 25.1 Å². The predicted molar refractivity (Wildman–Crippen MR) is 88.1 cm³/mol. The van der Waals surface area contributed by atoms with Crippen molar-refractivity contribution < 1.29 is 9.53 Å². The van der Waals surface area contributed by atoms with Gasteiger partial charge in [0.05, 0.1) is 18.2 Å². The second kappa shape index (κ2) is 6.04. The van der Waals surface area contributed by atoms with E-state index in [1.807, 2.05) is 19.1 Å². The van der Waals surface area contributed by atoms with Crippen molar-refractivity contribution in [1.82, 2.24) is 9.78 Å². The fourth-order valence-corrected chi connectivity index (χ4v) is 2.54. The minimum absolute atomic E-state index is 0.0995. The van der Waals surface area contributed by atoms with Crippen LogP contribution < -0.4 is 10.3 Å². The number of aromatic nitrogens is 2. The molecule has 0 fully saturated rings. The molecule has 0 aliphatic carbocycles. The van der Waals surface area contributed by atoms with Crippen molar-refractivity contribution in [3.63, 3.8) is 0 Å². The fraction of sp³-hybridized carbons (Fsp3) is 0.167. The molecule has 0 radical (unpaired) electrons. The molecule has 0 N–H and O–H groups in total. The zero-order chi connectivity index (χ0) is 16.4. The second-order valence-electron chi connectivity index (χ2n) is 5.25. The molecule has 0 aliphatic rings. The molecule has 2 aromatic carbocycles. The molecule has 3 aromatic rings. The van der Waals surface area contributed by atoms with Crippen molar-refractivity contribution in [1.29, 1.82) is 0 Å². The van der Waals surface area contributed by atoms with E-state index in [1.165, 1.54) is 4.68 Å². The molecule has 0 unspecified atom stereocenters. The van der Waals surface area contributed by atoms with Gasteiger partial charge in [-0.25, -0.2) is 4.68 Å². The Morgan fingerprint density at radius 1 is 1.13 bits per heavy atom. The van der Waals surface area contributed by atoms with Crippen LogP contribution in [0.5, 0.6) is 5.75 Å². The average Bonchev–Trinajstić information content (AvgIpc) is 2.59. The van der Waals surface area contributed by atoms with E-state index >= 15 is 0 Å². The van der Waals surface area contributed by atoms with Gasteiger partial charge in [-0.3, -0.25) is 9.59 Å². The minimum atomic E-state index is -0.262. The van der Waals surface area contributed by atoms with Crippen LogP contribution in [-0.4, -0.2) is 22.7 Å². The Morgan fingerprint density at radius 3 is 2.61 bits per heavy atom. The van der Waals surface area contributed by atoms with E-state index in [-0.39, 0.29) is 17.9 Å². The third kappa shape index (κ3) is 2.85. The molecule has 23 heavy (non-hydrogen) atoms. The topological polar surface area (TPSA) is 61.2 Å². The normalized spacial score (nSPS) is 10.7. The smallest absolute Gasteiger partial charge is 0.275 e. The van der Waals surface area contributed by atoms with E-state index in [2.05, 4.69) is 5.10 Å². The lowest BCUT2D eigenvalue weighted by Gasteiger charge is -2.09. The molecule has 3 rings (SSSR count). The summed E-state index contributed by atoms with van der Waals surface area (Å²) in [4.78, 5) is 24.9. The van der Waals surface area contributed by atoms with Crippen LogP contribution in [0.1, 0.15) is 16.1 Å². The van der Waals surface area contributed by atoms with Crippen LogP contribution >= 0.6 is 0 Å². The number of benzene rings is 2. The van der Waals surface area contributed by atoms with Gasteiger partial charge in [0.2, 0.25) is 0 Å². The van der Waals surface area contributed by atoms with Gasteiger partial charge in [0.25, 0.3) is 5.56 Å². The first kappa shape index (κ1) is 15.0. The molecule has 116 valence electrons. The minimum Gasteiger partial charge on any atom is -0.497 e. The van der Waals surface area contributed by atoms with Crippen molar-refractivity contribution >= 4 is 16.6 Å². The average molecular weight is 308 g/mol. The maximum absolute atomic E-state index is 12.5. The van der Waals surface area contributed by atoms with Crippen molar-refractivity contribution in [2.24, 2.45) is 0 Å². The van der Waals surface area contributed by atoms with Gasteiger partial charge in [-0.15, -0.1) is 0 Å². The highest BCUT2D eigenvalue weighted by Crippen LogP contribution is 2.14. The van der Waals surface area contributed by atoms with E-state index in [1.54, 1.807) is 43.5 Å². The van der Waals surface area contributed by atoms with Crippen LogP contribution in [0.15, 0.2) is 53.3 Å². The zero-order valence-corrected chi connectivity index (χ0v) is 12.9. The van der Waals surface area contributed by atoms with E-state index < -0.39 is 0 Å². The molecule has 0 atom stereocenters. The summed E-state index contributed by atoms with van der Waals surface area (Å²) < 4.78 is 6.34. The number of hydrogen-bond donors (Lipinski definition) is 0. The van der Waals surface area contributed by atoms with Gasteiger partial charge in [0.15, 0.2) is 5.78 Å². The Morgan fingerprint density at radius 2 is 1.87 bits per heavy atom. The lowest BCUT2D eigenvalue weighted by atomic mass is 10.1. The third-order valence-electron chi connectivity index (χ3n) is 3.74. The maximum Gasteiger partial charge on any atom is 0.275 e. The van der Waals surface area contributed by atoms with E-state index in [0.29, 0.717) is 16.7 Å². The number of carbonyl (C=O) groups excluding carboxylic acids is 1. The monoisotopic (exact) mass is 308 g/mol. The number of Topliss-reactive ketones (excluding diaryl/α,β-unsaturated/α-hetero) is 1. The summed E-state index contributed by atoms with van der Waals surface area (Å²) in [6.45, 7) is 1.73. The van der Waals surface area contributed by atoms with E-state index in [4.69, 9.17) is 4.74 Å². The highest BCUT2D eigenvalue weighted by molar-refractivity contribution is 5.96. The number of hydrogen-bond acceptors (Lipinski definition) is 4. The van der Waals surface area contributed by atoms with E-state index in [9.17, 15) is 9.59 Å². The summed E-state index contributed by atoms with van der Waals surface area (Å²) in [6.07, 6.45) is 0. The molecule has 0 spiro atoms. The second-order valence-corrected chi connectivity index (χ2v) is 5.25. The van der Waals surface area contributed by atoms with Crippen LogP contribution in [0, 0.1) is 6.92 Å². The lowest BCUT2D eigenvalue weighted by Crippen LogP contribution is -2.27. The molecule has 0 aliphatic heterocycles. The highest BCUT2D eigenvalue weighted by Gasteiger charge is 2.12. The van der Waals surface area contributed by atoms with Crippen molar-refractivity contribution in [3.05, 3.63) is 70.1 Å². The third-order valence-corrected chi connectivity index (χ3v) is 3.74. The fourth-order valence-electron chi connectivity index (χ4n) is 2.54. The van der Waals surface area contributed by atoms with Gasteiger partial charge in [0.1, 0.15) is 12.3 Å². The lowest BCUT2D eigenvalue weighted by molar-refractivity contribution is 0.0965. The number of ether oxygens (including phenoxy) is 1. The summed E-state index contributed by atoms with van der Waals surface area (Å²) in [7, 11) is 1.54. The van der Waals surface area contributed by atoms with Gasteiger partial charge in [0, 0.05) is 10.9 Å². The molecular weight excluding hydrogens is 292 g/mol. The molecule has 0 bridgehead atoms. The number of rotatable bonds is 4. The van der Waals surface area contributed by atoms with E-state index in [0.717, 1.165) is 11.1 Å². The molecule has 5 heteroatoms. The summed E-state index contributed by atoms with van der Waals surface area (Å²) >= 11 is 0. The molecule has 5 nitrogen and oxygen atoms in total. The summed E-state index contributed by atoms with van der Waals surface area (Å²) in [5.41, 5.74) is 0.949. The van der Waals surface area contributed by atoms with Crippen molar-refractivity contribution in [3.8, 4) is 5.75 Å². The molecular formula is C18H16N2O3. The molecule has 1 heterocycles. The van der Waals surface area contributed by atoms with Gasteiger partial charge in [-0.1, -0.05) is 30.3 Å². The molecule has 0 saturated heterocycles. The Balaban J connectivity index is 1.99. The maximum atomic E-state index is 12.5. The number of methoxy groups -OCH3 is 1. The molecule has 0 amide bonds. The van der Waals surface area contributed by atoms with Crippen LogP contribution in [0.4, 0.5) is 0 Å². The number of ketones is 1. The Kier molecular flexibility index (Phi) is 3.93. The summed E-state index contributed by atoms with van der Waals surface area (Å²) in [6, 6.07) is 14.1. The van der Waals surface area contributed by atoms with Crippen LogP contribution in [0.25, 0.3) is 10.8 Å². The standard InChI is InChI=1S/C18H16N2O3/c1-12-15-8-3-4-9-16(15)18(22)20(19-12)11-17(21)13-6-5-7-14(10-13)23-2/h3-10H,11H2,1-2H3. The Labute approximate surface area is 133 Å². The van der Waals surface area contributed by atoms with Crippen molar-refractivity contribution in [2.75, 3.05) is 7.11 Å². The Hall–Kier alpha value is -2.95. The number of aryl methyl sites for hydroxylation is 1. The van der Waals surface area contributed by atoms with Gasteiger partial charge < -0.3 is 4.74 Å². The number of fused-ring (bicyclic) bond motifs is 1. The zero-order valence-electron chi connectivity index (χ0n) is 12.9. The van der Waals surface area contributed by atoms with Crippen LogP contribution in [0.2, 0.25) is 0 Å². The summed E-state index contributed by atoms with van der Waals surface area (Å²) in [5.74, 6) is 0.416. The molecule has 0 saturated carbocycles. The number of nitrogens with zero attached hydrogens (tertiary/aromatic N) is 2. The first-order valence-corrected chi connectivity index (χ1v) is 7.24. The first-order chi connectivity index (χ1) is 11.1. The number of carbonyl (C=O) groups is 1. The SMILES string of the molecule is COc1cccc(C(=O)Cn2nc(C)c3ccccc3c2=O)c1. The molecule has 1 aromatic heterocycles. The first-order valence-electron chi connectivity index (χ1n) is 7.24. The van der Waals surface area contributed by atoms with Crippen LogP contribution in [-0.2, 0) is 6.54 Å². The Bertz CT molecular complexity index is 944. The predicted octanol–water partition coefficient (Wildman–Crippen LogP) is 2.60. The highest BCUT2D eigenvalue weighted by atomic mass is 16.5. The largest absolute Gasteiger partial charge is 0.497 e. The van der Waals surface area contributed by atoms with Gasteiger partial charge >= 0.3 is 0 Å². The van der Waals surface area contributed by atoms with Crippen LogP contribution in [0.3, 0.4) is 0 Å². The summed E-state index contributed by atoms with van der Waals surface area (Å²) in [5, 5.41) is 5.64. The quantitative estimate of drug-likeness (QED) is 0.695. The van der Waals surface area contributed by atoms with Crippen molar-refractivity contribution in [2.45, 2.75) is 13.5 Å².